The molecule has 128 valence electrons. The van der Waals surface area contributed by atoms with Gasteiger partial charge >= 0.3 is 0 Å². The molecule has 0 saturated heterocycles. The van der Waals surface area contributed by atoms with Crippen LogP contribution < -0.4 is 14.8 Å². The van der Waals surface area contributed by atoms with Crippen molar-refractivity contribution in [3.05, 3.63) is 47.5 Å². The minimum absolute atomic E-state index is 0.0796. The van der Waals surface area contributed by atoms with Crippen molar-refractivity contribution in [2.24, 2.45) is 0 Å². The highest BCUT2D eigenvalue weighted by Gasteiger charge is 2.19. The van der Waals surface area contributed by atoms with E-state index in [9.17, 15) is 4.79 Å². The summed E-state index contributed by atoms with van der Waals surface area (Å²) in [6.45, 7) is 1.98. The van der Waals surface area contributed by atoms with Crippen LogP contribution in [0.4, 0.5) is 5.69 Å². The molecule has 4 nitrogen and oxygen atoms in total. The number of rotatable bonds is 7. The fourth-order valence-corrected chi connectivity index (χ4v) is 3.21. The molecule has 1 atom stereocenters. The summed E-state index contributed by atoms with van der Waals surface area (Å²) in [7, 11) is 3.15. The van der Waals surface area contributed by atoms with Gasteiger partial charge in [0.15, 0.2) is 0 Å². The first kappa shape index (κ1) is 18.5. The van der Waals surface area contributed by atoms with Crippen LogP contribution in [0, 0.1) is 0 Å². The number of ether oxygens (including phenoxy) is 2. The van der Waals surface area contributed by atoms with Gasteiger partial charge in [-0.25, -0.2) is 0 Å². The predicted molar refractivity (Wildman–Crippen MR) is 99.6 cm³/mol. The summed E-state index contributed by atoms with van der Waals surface area (Å²) >= 11 is 7.41. The standard InChI is InChI=1S/C18H20ClNO3S/c1-4-17(24-14-8-5-12(19)6-9-14)18(21)20-15-11-13(22-2)7-10-16(15)23-3/h5-11,17H,4H2,1-3H3,(H,20,21). The Morgan fingerprint density at radius 1 is 1.17 bits per heavy atom. The molecule has 1 amide bonds. The number of halogens is 1. The fraction of sp³-hybridized carbons (Fsp3) is 0.278. The zero-order valence-electron chi connectivity index (χ0n) is 13.8. The SMILES string of the molecule is CCC(Sc1ccc(Cl)cc1)C(=O)Nc1cc(OC)ccc1OC. The Morgan fingerprint density at radius 2 is 1.88 bits per heavy atom. The summed E-state index contributed by atoms with van der Waals surface area (Å²) in [6, 6.07) is 12.8. The maximum Gasteiger partial charge on any atom is 0.237 e. The second-order valence-corrected chi connectivity index (χ2v) is 6.74. The van der Waals surface area contributed by atoms with Crippen LogP contribution in [0.2, 0.25) is 5.02 Å². The minimum atomic E-state index is -0.220. The molecule has 24 heavy (non-hydrogen) atoms. The highest BCUT2D eigenvalue weighted by Crippen LogP contribution is 2.31. The highest BCUT2D eigenvalue weighted by atomic mass is 35.5. The number of benzene rings is 2. The van der Waals surface area contributed by atoms with Crippen molar-refractivity contribution < 1.29 is 14.3 Å². The third-order valence-corrected chi connectivity index (χ3v) is 5.05. The van der Waals surface area contributed by atoms with E-state index >= 15 is 0 Å². The molecule has 0 heterocycles. The zero-order valence-corrected chi connectivity index (χ0v) is 15.4. The van der Waals surface area contributed by atoms with E-state index in [1.807, 2.05) is 31.2 Å². The van der Waals surface area contributed by atoms with Crippen molar-refractivity contribution in [3.8, 4) is 11.5 Å². The second-order valence-electron chi connectivity index (χ2n) is 5.02. The van der Waals surface area contributed by atoms with Gasteiger partial charge in [-0.3, -0.25) is 4.79 Å². The third-order valence-electron chi connectivity index (χ3n) is 3.42. The van der Waals surface area contributed by atoms with Gasteiger partial charge in [0, 0.05) is 16.0 Å². The predicted octanol–water partition coefficient (Wildman–Crippen LogP) is 4.87. The Bertz CT molecular complexity index is 691. The Hall–Kier alpha value is -1.85. The molecule has 1 unspecified atom stereocenters. The number of carbonyl (C=O) groups is 1. The van der Waals surface area contributed by atoms with Crippen molar-refractivity contribution in [1.82, 2.24) is 0 Å². The van der Waals surface area contributed by atoms with E-state index in [1.54, 1.807) is 32.4 Å². The Labute approximate surface area is 151 Å². The number of carbonyl (C=O) groups excluding carboxylic acids is 1. The van der Waals surface area contributed by atoms with Gasteiger partial charge in [0.2, 0.25) is 5.91 Å². The van der Waals surface area contributed by atoms with Crippen molar-refractivity contribution >= 4 is 35.0 Å². The number of hydrogen-bond donors (Lipinski definition) is 1. The number of thioether (sulfide) groups is 1. The topological polar surface area (TPSA) is 47.6 Å². The molecule has 0 bridgehead atoms. The zero-order chi connectivity index (χ0) is 17.5. The van der Waals surface area contributed by atoms with Gasteiger partial charge < -0.3 is 14.8 Å². The van der Waals surface area contributed by atoms with Crippen molar-refractivity contribution in [3.63, 3.8) is 0 Å². The molecular weight excluding hydrogens is 346 g/mol. The maximum absolute atomic E-state index is 12.6. The van der Waals surface area contributed by atoms with Crippen LogP contribution in [-0.2, 0) is 4.79 Å². The quantitative estimate of drug-likeness (QED) is 0.711. The van der Waals surface area contributed by atoms with Crippen LogP contribution in [-0.4, -0.2) is 25.4 Å². The van der Waals surface area contributed by atoms with Gasteiger partial charge in [-0.15, -0.1) is 11.8 Å². The van der Waals surface area contributed by atoms with Crippen LogP contribution in [0.3, 0.4) is 0 Å². The van der Waals surface area contributed by atoms with E-state index < -0.39 is 0 Å². The first-order chi connectivity index (χ1) is 11.6. The third kappa shape index (κ3) is 4.82. The van der Waals surface area contributed by atoms with Gasteiger partial charge in [-0.05, 0) is 42.8 Å². The van der Waals surface area contributed by atoms with E-state index in [0.717, 1.165) is 4.90 Å². The molecule has 2 rings (SSSR count). The molecule has 0 saturated carbocycles. The number of hydrogen-bond acceptors (Lipinski definition) is 4. The Kier molecular flexibility index (Phi) is 6.82. The van der Waals surface area contributed by atoms with Crippen LogP contribution in [0.15, 0.2) is 47.4 Å². The molecule has 0 aliphatic rings. The minimum Gasteiger partial charge on any atom is -0.497 e. The van der Waals surface area contributed by atoms with E-state index in [1.165, 1.54) is 11.8 Å². The number of anilines is 1. The van der Waals surface area contributed by atoms with Crippen molar-refractivity contribution in [2.75, 3.05) is 19.5 Å². The summed E-state index contributed by atoms with van der Waals surface area (Å²) in [6.07, 6.45) is 0.700. The van der Waals surface area contributed by atoms with Gasteiger partial charge in [0.05, 0.1) is 25.2 Å². The fourth-order valence-electron chi connectivity index (χ4n) is 2.12. The molecular formula is C18H20ClNO3S. The first-order valence-electron chi connectivity index (χ1n) is 7.52. The smallest absolute Gasteiger partial charge is 0.237 e. The highest BCUT2D eigenvalue weighted by molar-refractivity contribution is 8.00. The lowest BCUT2D eigenvalue weighted by molar-refractivity contribution is -0.115. The summed E-state index contributed by atoms with van der Waals surface area (Å²) in [5.41, 5.74) is 0.594. The molecule has 2 aromatic rings. The Morgan fingerprint density at radius 3 is 2.46 bits per heavy atom. The van der Waals surface area contributed by atoms with Crippen LogP contribution in [0.5, 0.6) is 11.5 Å². The summed E-state index contributed by atoms with van der Waals surface area (Å²) in [5, 5.41) is 3.39. The molecule has 0 fully saturated rings. The van der Waals surface area contributed by atoms with Crippen LogP contribution >= 0.6 is 23.4 Å². The Balaban J connectivity index is 2.12. The normalized spacial score (nSPS) is 11.7. The molecule has 0 aliphatic carbocycles. The number of nitrogens with one attached hydrogen (secondary N) is 1. The average molecular weight is 366 g/mol. The number of amides is 1. The summed E-state index contributed by atoms with van der Waals surface area (Å²) in [5.74, 6) is 1.17. The lowest BCUT2D eigenvalue weighted by Crippen LogP contribution is -2.24. The molecule has 0 spiro atoms. The molecule has 6 heteroatoms. The van der Waals surface area contributed by atoms with Crippen LogP contribution in [0.25, 0.3) is 0 Å². The summed E-state index contributed by atoms with van der Waals surface area (Å²) < 4.78 is 10.5. The second kappa shape index (κ2) is 8.85. The maximum atomic E-state index is 12.6. The lowest BCUT2D eigenvalue weighted by atomic mass is 10.2. The molecule has 0 radical (unpaired) electrons. The van der Waals surface area contributed by atoms with Gasteiger partial charge in [0.25, 0.3) is 0 Å². The van der Waals surface area contributed by atoms with Gasteiger partial charge in [-0.1, -0.05) is 18.5 Å². The number of methoxy groups -OCH3 is 2. The molecule has 0 aliphatic heterocycles. The van der Waals surface area contributed by atoms with E-state index in [4.69, 9.17) is 21.1 Å². The summed E-state index contributed by atoms with van der Waals surface area (Å²) in [4.78, 5) is 13.6. The van der Waals surface area contributed by atoms with Crippen LogP contribution in [0.1, 0.15) is 13.3 Å². The molecule has 1 N–H and O–H groups in total. The van der Waals surface area contributed by atoms with Crippen molar-refractivity contribution in [1.29, 1.82) is 0 Å². The van der Waals surface area contributed by atoms with E-state index in [0.29, 0.717) is 28.6 Å². The monoisotopic (exact) mass is 365 g/mol. The average Bonchev–Trinajstić information content (AvgIpc) is 2.61. The molecule has 0 aromatic heterocycles. The van der Waals surface area contributed by atoms with Crippen molar-refractivity contribution in [2.45, 2.75) is 23.5 Å². The van der Waals surface area contributed by atoms with E-state index in [-0.39, 0.29) is 11.2 Å². The lowest BCUT2D eigenvalue weighted by Gasteiger charge is -2.17. The first-order valence-corrected chi connectivity index (χ1v) is 8.78. The van der Waals surface area contributed by atoms with Gasteiger partial charge in [0.1, 0.15) is 11.5 Å². The van der Waals surface area contributed by atoms with Gasteiger partial charge in [-0.2, -0.15) is 0 Å². The largest absolute Gasteiger partial charge is 0.497 e. The molecule has 2 aromatic carbocycles. The van der Waals surface area contributed by atoms with E-state index in [2.05, 4.69) is 5.32 Å².